The van der Waals surface area contributed by atoms with E-state index in [9.17, 15) is 5.11 Å². The van der Waals surface area contributed by atoms with Crippen LogP contribution in [0.3, 0.4) is 0 Å². The van der Waals surface area contributed by atoms with E-state index in [-0.39, 0.29) is 11.8 Å². The third kappa shape index (κ3) is 5.45. The maximum Gasteiger partial charge on any atom is 0.206 e. The molecule has 0 amide bonds. The van der Waals surface area contributed by atoms with Crippen molar-refractivity contribution in [3.8, 4) is 40.0 Å². The lowest BCUT2D eigenvalue weighted by Crippen LogP contribution is -2.19. The fourth-order valence-corrected chi connectivity index (χ4v) is 5.08. The zero-order valence-corrected chi connectivity index (χ0v) is 21.3. The number of ether oxygens (including phenoxy) is 4. The smallest absolute Gasteiger partial charge is 0.206 e. The molecule has 0 aliphatic heterocycles. The van der Waals surface area contributed by atoms with Crippen LogP contribution in [0.2, 0.25) is 0 Å². The van der Waals surface area contributed by atoms with Crippen LogP contribution in [0.15, 0.2) is 45.8 Å². The number of benzene rings is 2. The Labute approximate surface area is 209 Å². The van der Waals surface area contributed by atoms with Crippen LogP contribution in [0.5, 0.6) is 28.7 Å². The first-order chi connectivity index (χ1) is 17.1. The lowest BCUT2D eigenvalue weighted by Gasteiger charge is -2.17. The molecule has 1 aliphatic carbocycles. The predicted molar refractivity (Wildman–Crippen MR) is 137 cm³/mol. The van der Waals surface area contributed by atoms with Crippen LogP contribution in [0, 0.1) is 0 Å². The highest BCUT2D eigenvalue weighted by Crippen LogP contribution is 2.37. The normalized spacial score (nSPS) is 14.9. The molecule has 4 rings (SSSR count). The average molecular weight is 498 g/mol. The Bertz CT molecular complexity index is 1230. The van der Waals surface area contributed by atoms with Gasteiger partial charge in [-0.2, -0.15) is 5.10 Å². The molecule has 35 heavy (non-hydrogen) atoms. The van der Waals surface area contributed by atoms with Gasteiger partial charge in [-0.1, -0.05) is 19.3 Å². The summed E-state index contributed by atoms with van der Waals surface area (Å²) in [5.74, 6) is 2.00. The number of aromatic nitrogens is 1. The Kier molecular flexibility index (Phi) is 7.97. The summed E-state index contributed by atoms with van der Waals surface area (Å²) in [7, 11) is 6.28. The Balaban J connectivity index is 1.85. The van der Waals surface area contributed by atoms with Crippen molar-refractivity contribution in [2.45, 2.75) is 38.1 Å². The van der Waals surface area contributed by atoms with E-state index in [0.29, 0.717) is 22.8 Å². The van der Waals surface area contributed by atoms with Gasteiger partial charge in [0.05, 0.1) is 46.4 Å². The van der Waals surface area contributed by atoms with Gasteiger partial charge in [-0.3, -0.25) is 4.99 Å². The first-order valence-corrected chi connectivity index (χ1v) is 12.4. The number of thiazole rings is 1. The van der Waals surface area contributed by atoms with Gasteiger partial charge in [-0.15, -0.1) is 11.3 Å². The van der Waals surface area contributed by atoms with Gasteiger partial charge in [0.15, 0.2) is 11.5 Å². The lowest BCUT2D eigenvalue weighted by atomic mass is 9.96. The predicted octanol–water partition coefficient (Wildman–Crippen LogP) is 5.07. The second kappa shape index (κ2) is 11.3. The number of hydrogen-bond acceptors (Lipinski definition) is 8. The summed E-state index contributed by atoms with van der Waals surface area (Å²) in [4.78, 5) is 5.87. The summed E-state index contributed by atoms with van der Waals surface area (Å²) in [6.07, 6.45) is 7.55. The Morgan fingerprint density at radius 1 is 0.914 bits per heavy atom. The summed E-state index contributed by atoms with van der Waals surface area (Å²) >= 11 is 1.55. The van der Waals surface area contributed by atoms with Crippen LogP contribution in [-0.2, 0) is 0 Å². The Morgan fingerprint density at radius 2 is 1.60 bits per heavy atom. The van der Waals surface area contributed by atoms with Crippen molar-refractivity contribution in [3.63, 3.8) is 0 Å². The van der Waals surface area contributed by atoms with E-state index in [2.05, 4.69) is 0 Å². The van der Waals surface area contributed by atoms with E-state index in [0.717, 1.165) is 34.6 Å². The fraction of sp³-hybridized carbons (Fsp3) is 0.385. The molecule has 9 heteroatoms. The van der Waals surface area contributed by atoms with Crippen molar-refractivity contribution >= 4 is 17.6 Å². The minimum absolute atomic E-state index is 0.0508. The molecule has 186 valence electrons. The molecule has 1 saturated carbocycles. The van der Waals surface area contributed by atoms with Crippen LogP contribution < -0.4 is 23.7 Å². The van der Waals surface area contributed by atoms with Gasteiger partial charge >= 0.3 is 0 Å². The van der Waals surface area contributed by atoms with E-state index in [1.807, 2.05) is 28.3 Å². The van der Waals surface area contributed by atoms with Crippen molar-refractivity contribution in [2.24, 2.45) is 10.1 Å². The monoisotopic (exact) mass is 497 g/mol. The van der Waals surface area contributed by atoms with Crippen LogP contribution in [0.25, 0.3) is 11.3 Å². The summed E-state index contributed by atoms with van der Waals surface area (Å²) in [6.45, 7) is 0. The van der Waals surface area contributed by atoms with Gasteiger partial charge in [0, 0.05) is 16.5 Å². The molecule has 2 aromatic carbocycles. The number of hydrogen-bond donors (Lipinski definition) is 1. The van der Waals surface area contributed by atoms with Crippen molar-refractivity contribution < 1.29 is 24.1 Å². The molecule has 0 saturated heterocycles. The number of phenolic OH excluding ortho intramolecular Hbond substituents is 1. The SMILES string of the molecule is COc1ccc(OC)c(-c2csc(=NC3CCCCC3)n2N=Cc2cc(OC)c(O)c(OC)c2)c1. The first-order valence-electron chi connectivity index (χ1n) is 11.5. The van der Waals surface area contributed by atoms with E-state index >= 15 is 0 Å². The van der Waals surface area contributed by atoms with Crippen molar-refractivity contribution in [2.75, 3.05) is 28.4 Å². The molecule has 1 fully saturated rings. The molecule has 1 N–H and O–H groups in total. The lowest BCUT2D eigenvalue weighted by molar-refractivity contribution is 0.340. The maximum absolute atomic E-state index is 10.3. The molecular formula is C26H31N3O5S. The molecule has 8 nitrogen and oxygen atoms in total. The fourth-order valence-electron chi connectivity index (χ4n) is 4.18. The van der Waals surface area contributed by atoms with Gasteiger partial charge in [0.25, 0.3) is 0 Å². The van der Waals surface area contributed by atoms with Crippen LogP contribution in [-0.4, -0.2) is 50.5 Å². The zero-order valence-electron chi connectivity index (χ0n) is 20.5. The minimum atomic E-state index is -0.0508. The minimum Gasteiger partial charge on any atom is -0.502 e. The molecule has 1 aromatic heterocycles. The highest BCUT2D eigenvalue weighted by molar-refractivity contribution is 7.07. The highest BCUT2D eigenvalue weighted by Gasteiger charge is 2.17. The highest BCUT2D eigenvalue weighted by atomic mass is 32.1. The number of rotatable bonds is 8. The number of aromatic hydroxyl groups is 1. The van der Waals surface area contributed by atoms with Crippen molar-refractivity contribution in [1.82, 2.24) is 4.68 Å². The maximum atomic E-state index is 10.3. The summed E-state index contributed by atoms with van der Waals surface area (Å²) in [6, 6.07) is 9.38. The van der Waals surface area contributed by atoms with Crippen molar-refractivity contribution in [1.29, 1.82) is 0 Å². The number of methoxy groups -OCH3 is 4. The molecule has 0 spiro atoms. The average Bonchev–Trinajstić information content (AvgIpc) is 3.30. The molecule has 3 aromatic rings. The quantitative estimate of drug-likeness (QED) is 0.439. The third-order valence-corrected chi connectivity index (χ3v) is 6.89. The summed E-state index contributed by atoms with van der Waals surface area (Å²) < 4.78 is 23.5. The molecule has 0 atom stereocenters. The second-order valence-corrected chi connectivity index (χ2v) is 9.06. The second-order valence-electron chi connectivity index (χ2n) is 8.22. The summed E-state index contributed by atoms with van der Waals surface area (Å²) in [5.41, 5.74) is 2.41. The van der Waals surface area contributed by atoms with Crippen LogP contribution in [0.1, 0.15) is 37.7 Å². The number of nitrogens with zero attached hydrogens (tertiary/aromatic N) is 3. The van der Waals surface area contributed by atoms with Gasteiger partial charge in [0.1, 0.15) is 11.5 Å². The molecule has 0 unspecified atom stereocenters. The molecule has 1 heterocycles. The van der Waals surface area contributed by atoms with E-state index in [1.165, 1.54) is 33.5 Å². The van der Waals surface area contributed by atoms with Gasteiger partial charge < -0.3 is 24.1 Å². The first kappa shape index (κ1) is 24.7. The topological polar surface area (TPSA) is 86.8 Å². The zero-order chi connectivity index (χ0) is 24.8. The third-order valence-electron chi connectivity index (χ3n) is 6.06. The molecular weight excluding hydrogens is 466 g/mol. The van der Waals surface area contributed by atoms with E-state index in [1.54, 1.807) is 43.9 Å². The van der Waals surface area contributed by atoms with Crippen molar-refractivity contribution in [3.05, 3.63) is 46.1 Å². The molecule has 0 bridgehead atoms. The standard InChI is InChI=1S/C26H31N3O5S/c1-31-19-10-11-22(32-2)20(14-19)21-16-35-26(28-18-8-6-5-7-9-18)29(21)27-15-17-12-23(33-3)25(30)24(13-17)34-4/h10-16,18,30H,5-9H2,1-4H3. The Hall–Kier alpha value is -3.46. The van der Waals surface area contributed by atoms with Gasteiger partial charge in [-0.05, 0) is 43.2 Å². The Morgan fingerprint density at radius 3 is 2.23 bits per heavy atom. The number of phenols is 1. The van der Waals surface area contributed by atoms with Crippen LogP contribution in [0.4, 0.5) is 0 Å². The molecule has 1 aliphatic rings. The molecule has 0 radical (unpaired) electrons. The van der Waals surface area contributed by atoms with Gasteiger partial charge in [-0.25, -0.2) is 4.68 Å². The van der Waals surface area contributed by atoms with Gasteiger partial charge in [0.2, 0.25) is 10.6 Å². The van der Waals surface area contributed by atoms with Crippen LogP contribution >= 0.6 is 11.3 Å². The van der Waals surface area contributed by atoms with E-state index in [4.69, 9.17) is 29.0 Å². The summed E-state index contributed by atoms with van der Waals surface area (Å²) in [5, 5.41) is 17.1. The van der Waals surface area contributed by atoms with E-state index < -0.39 is 0 Å². The largest absolute Gasteiger partial charge is 0.502 e.